The van der Waals surface area contributed by atoms with Gasteiger partial charge in [-0.25, -0.2) is 13.4 Å². The molecule has 0 saturated carbocycles. The summed E-state index contributed by atoms with van der Waals surface area (Å²) >= 11 is 1.30. The fourth-order valence-electron chi connectivity index (χ4n) is 3.24. The van der Waals surface area contributed by atoms with Crippen LogP contribution < -0.4 is 20.3 Å². The third-order valence-corrected chi connectivity index (χ3v) is 7.82. The smallest absolute Gasteiger partial charge is 0.269 e. The Kier molecular flexibility index (Phi) is 6.46. The summed E-state index contributed by atoms with van der Waals surface area (Å²) in [5.41, 5.74) is 6.28. The van der Waals surface area contributed by atoms with E-state index in [1.54, 1.807) is 26.4 Å². The fraction of sp³-hybridized carbons (Fsp3) is 0.300. The van der Waals surface area contributed by atoms with Gasteiger partial charge in [-0.1, -0.05) is 11.3 Å². The maximum atomic E-state index is 12.7. The van der Waals surface area contributed by atoms with Crippen LogP contribution in [0.2, 0.25) is 0 Å². The Hall–Kier alpha value is -2.93. The van der Waals surface area contributed by atoms with Crippen molar-refractivity contribution in [1.82, 2.24) is 14.7 Å². The lowest BCUT2D eigenvalue weighted by molar-refractivity contribution is 0.0730. The highest BCUT2D eigenvalue weighted by Gasteiger charge is 2.26. The number of carbonyl (C=O) groups is 1. The number of methoxy groups -OCH3 is 2. The third kappa shape index (κ3) is 4.35. The van der Waals surface area contributed by atoms with Gasteiger partial charge in [0.1, 0.15) is 21.7 Å². The molecule has 1 aliphatic rings. The van der Waals surface area contributed by atoms with Gasteiger partial charge in [0.25, 0.3) is 5.91 Å². The topological polar surface area (TPSA) is 119 Å². The highest BCUT2D eigenvalue weighted by molar-refractivity contribution is 7.89. The number of nitrogens with zero attached hydrogens (tertiary/aromatic N) is 2. The molecule has 1 aliphatic heterocycles. The maximum Gasteiger partial charge on any atom is 0.269 e. The Morgan fingerprint density at radius 3 is 2.38 bits per heavy atom. The van der Waals surface area contributed by atoms with Gasteiger partial charge >= 0.3 is 0 Å². The first kappa shape index (κ1) is 22.3. The highest BCUT2D eigenvalue weighted by atomic mass is 32.2. The lowest BCUT2D eigenvalue weighted by atomic mass is 10.2. The molecule has 0 spiro atoms. The average molecular weight is 479 g/mol. The predicted octanol–water partition coefficient (Wildman–Crippen LogP) is 2.09. The van der Waals surface area contributed by atoms with Crippen LogP contribution in [0.25, 0.3) is 10.2 Å². The number of ether oxygens (including phenoxy) is 3. The molecule has 170 valence electrons. The van der Waals surface area contributed by atoms with Gasteiger partial charge in [-0.2, -0.15) is 4.31 Å². The molecule has 2 aromatic carbocycles. The number of hydrogen-bond donors (Lipinski definition) is 2. The first-order valence-corrected chi connectivity index (χ1v) is 12.0. The monoisotopic (exact) mass is 478 g/mol. The Bertz CT molecular complexity index is 1180. The number of carbonyl (C=O) groups excluding carboxylic acids is 1. The number of nitrogens with one attached hydrogen (secondary N) is 2. The van der Waals surface area contributed by atoms with E-state index in [4.69, 9.17) is 14.2 Å². The van der Waals surface area contributed by atoms with E-state index >= 15 is 0 Å². The summed E-state index contributed by atoms with van der Waals surface area (Å²) < 4.78 is 43.4. The quantitative estimate of drug-likeness (QED) is 0.496. The summed E-state index contributed by atoms with van der Waals surface area (Å²) in [7, 11) is -0.492. The van der Waals surface area contributed by atoms with Crippen molar-refractivity contribution in [3.05, 3.63) is 42.0 Å². The second-order valence-electron chi connectivity index (χ2n) is 6.79. The first-order valence-electron chi connectivity index (χ1n) is 9.70. The molecule has 1 aromatic heterocycles. The molecule has 12 heteroatoms. The van der Waals surface area contributed by atoms with Crippen LogP contribution in [0.15, 0.2) is 41.3 Å². The zero-order chi connectivity index (χ0) is 22.7. The van der Waals surface area contributed by atoms with E-state index in [2.05, 4.69) is 15.8 Å². The summed E-state index contributed by atoms with van der Waals surface area (Å²) in [4.78, 5) is 17.1. The number of anilines is 1. The number of fused-ring (bicyclic) bond motifs is 1. The standard InChI is InChI=1S/C20H22N4O6S2/c1-28-15-7-8-16(29-2)18-17(15)21-20(31-18)23-22-19(25)13-3-5-14(6-4-13)32(26,27)24-9-11-30-12-10-24/h3-8H,9-12H2,1-2H3,(H,21,23)(H,22,25). The van der Waals surface area contributed by atoms with E-state index in [0.717, 1.165) is 4.70 Å². The number of sulfonamides is 1. The van der Waals surface area contributed by atoms with Crippen LogP contribution in [-0.2, 0) is 14.8 Å². The van der Waals surface area contributed by atoms with Gasteiger partial charge in [-0.05, 0) is 36.4 Å². The number of benzene rings is 2. The van der Waals surface area contributed by atoms with E-state index in [9.17, 15) is 13.2 Å². The minimum atomic E-state index is -3.61. The number of rotatable bonds is 7. The molecule has 0 unspecified atom stereocenters. The van der Waals surface area contributed by atoms with Gasteiger partial charge < -0.3 is 14.2 Å². The van der Waals surface area contributed by atoms with E-state index in [-0.39, 0.29) is 4.90 Å². The van der Waals surface area contributed by atoms with Gasteiger partial charge in [0.2, 0.25) is 15.2 Å². The van der Waals surface area contributed by atoms with Crippen LogP contribution in [0, 0.1) is 0 Å². The van der Waals surface area contributed by atoms with Crippen LogP contribution in [0.1, 0.15) is 10.4 Å². The minimum absolute atomic E-state index is 0.134. The Morgan fingerprint density at radius 2 is 1.72 bits per heavy atom. The number of hydrazine groups is 1. The van der Waals surface area contributed by atoms with E-state index in [1.807, 2.05) is 0 Å². The van der Waals surface area contributed by atoms with Crippen molar-refractivity contribution < 1.29 is 27.4 Å². The fourth-order valence-corrected chi connectivity index (χ4v) is 5.57. The molecule has 2 N–H and O–H groups in total. The van der Waals surface area contributed by atoms with Crippen LogP contribution >= 0.6 is 11.3 Å². The number of thiazole rings is 1. The largest absolute Gasteiger partial charge is 0.495 e. The molecular formula is C20H22N4O6S2. The highest BCUT2D eigenvalue weighted by Crippen LogP contribution is 2.38. The second kappa shape index (κ2) is 9.28. The average Bonchev–Trinajstić information content (AvgIpc) is 3.27. The van der Waals surface area contributed by atoms with Crippen LogP contribution in [0.4, 0.5) is 5.13 Å². The molecule has 0 atom stereocenters. The molecule has 2 heterocycles. The molecule has 4 rings (SSSR count). The van der Waals surface area contributed by atoms with Crippen molar-refractivity contribution in [2.45, 2.75) is 4.90 Å². The van der Waals surface area contributed by atoms with Crippen LogP contribution in [-0.4, -0.2) is 64.1 Å². The van der Waals surface area contributed by atoms with E-state index in [0.29, 0.717) is 54.0 Å². The van der Waals surface area contributed by atoms with Crippen molar-refractivity contribution in [3.8, 4) is 11.5 Å². The normalized spacial score (nSPS) is 14.8. The molecule has 1 saturated heterocycles. The summed E-state index contributed by atoms with van der Waals surface area (Å²) in [6.07, 6.45) is 0. The van der Waals surface area contributed by atoms with Crippen molar-refractivity contribution in [1.29, 1.82) is 0 Å². The summed E-state index contributed by atoms with van der Waals surface area (Å²) in [6, 6.07) is 9.33. The SMILES string of the molecule is COc1ccc(OC)c2sc(NNC(=O)c3ccc(S(=O)(=O)N4CCOCC4)cc3)nc12. The van der Waals surface area contributed by atoms with Crippen molar-refractivity contribution in [3.63, 3.8) is 0 Å². The predicted molar refractivity (Wildman–Crippen MR) is 120 cm³/mol. The first-order chi connectivity index (χ1) is 15.4. The lowest BCUT2D eigenvalue weighted by Gasteiger charge is -2.26. The Balaban J connectivity index is 1.45. The Morgan fingerprint density at radius 1 is 1.06 bits per heavy atom. The van der Waals surface area contributed by atoms with Crippen LogP contribution in [0.3, 0.4) is 0 Å². The zero-order valence-electron chi connectivity index (χ0n) is 17.5. The van der Waals surface area contributed by atoms with Crippen molar-refractivity contribution in [2.75, 3.05) is 45.9 Å². The minimum Gasteiger partial charge on any atom is -0.495 e. The summed E-state index contributed by atoms with van der Waals surface area (Å²) in [5, 5.41) is 0.447. The zero-order valence-corrected chi connectivity index (χ0v) is 19.1. The van der Waals surface area contributed by atoms with Gasteiger partial charge in [0, 0.05) is 18.7 Å². The maximum absolute atomic E-state index is 12.7. The second-order valence-corrected chi connectivity index (χ2v) is 9.72. The summed E-state index contributed by atoms with van der Waals surface area (Å²) in [6.45, 7) is 1.36. The van der Waals surface area contributed by atoms with E-state index < -0.39 is 15.9 Å². The van der Waals surface area contributed by atoms with Gasteiger partial charge in [0.05, 0.1) is 32.3 Å². The van der Waals surface area contributed by atoms with Gasteiger partial charge in [-0.3, -0.25) is 15.6 Å². The molecule has 3 aromatic rings. The van der Waals surface area contributed by atoms with E-state index in [1.165, 1.54) is 39.9 Å². The molecule has 1 amide bonds. The molecule has 1 fully saturated rings. The molecule has 10 nitrogen and oxygen atoms in total. The van der Waals surface area contributed by atoms with Crippen molar-refractivity contribution in [2.24, 2.45) is 0 Å². The van der Waals surface area contributed by atoms with Crippen molar-refractivity contribution >= 4 is 42.6 Å². The van der Waals surface area contributed by atoms with Gasteiger partial charge in [-0.15, -0.1) is 0 Å². The third-order valence-electron chi connectivity index (χ3n) is 4.92. The lowest BCUT2D eigenvalue weighted by Crippen LogP contribution is -2.40. The molecular weight excluding hydrogens is 456 g/mol. The number of hydrogen-bond acceptors (Lipinski definition) is 9. The Labute approximate surface area is 189 Å². The molecule has 32 heavy (non-hydrogen) atoms. The number of amides is 1. The number of aromatic nitrogens is 1. The molecule has 0 aliphatic carbocycles. The molecule has 0 bridgehead atoms. The summed E-state index contributed by atoms with van der Waals surface area (Å²) in [5.74, 6) is 0.807. The number of morpholine rings is 1. The molecule has 0 radical (unpaired) electrons. The van der Waals surface area contributed by atoms with Gasteiger partial charge in [0.15, 0.2) is 0 Å². The van der Waals surface area contributed by atoms with Crippen LogP contribution in [0.5, 0.6) is 11.5 Å².